The van der Waals surface area contributed by atoms with E-state index >= 15 is 0 Å². The zero-order valence-corrected chi connectivity index (χ0v) is 12.2. The number of carbonyl (C=O) groups excluding carboxylic acids is 1. The molecule has 0 aliphatic heterocycles. The second kappa shape index (κ2) is 6.00. The summed E-state index contributed by atoms with van der Waals surface area (Å²) in [5.41, 5.74) is 0. The SMILES string of the molecule is CCc1nccn1-c1ccc(C(=O)CC(C)C(=O)O)s1. The first kappa shape index (κ1) is 14.5. The lowest BCUT2D eigenvalue weighted by Gasteiger charge is -2.03. The molecule has 1 N–H and O–H groups in total. The summed E-state index contributed by atoms with van der Waals surface area (Å²) in [5, 5.41) is 9.76. The van der Waals surface area contributed by atoms with Gasteiger partial charge in [-0.2, -0.15) is 0 Å². The molecule has 0 aromatic carbocycles. The Balaban J connectivity index is 2.17. The number of thiophene rings is 1. The van der Waals surface area contributed by atoms with Crippen LogP contribution in [0.3, 0.4) is 0 Å². The third-order valence-electron chi connectivity index (χ3n) is 3.05. The van der Waals surface area contributed by atoms with Crippen LogP contribution in [0.25, 0.3) is 5.00 Å². The number of carboxylic acid groups (broad SMARTS) is 1. The van der Waals surface area contributed by atoms with Gasteiger partial charge in [0.05, 0.1) is 10.8 Å². The second-order valence-electron chi connectivity index (χ2n) is 4.57. The zero-order chi connectivity index (χ0) is 14.7. The van der Waals surface area contributed by atoms with Crippen molar-refractivity contribution in [1.29, 1.82) is 0 Å². The van der Waals surface area contributed by atoms with Crippen LogP contribution in [0.15, 0.2) is 24.5 Å². The number of hydrogen-bond acceptors (Lipinski definition) is 4. The van der Waals surface area contributed by atoms with Crippen LogP contribution in [0.4, 0.5) is 0 Å². The van der Waals surface area contributed by atoms with E-state index in [-0.39, 0.29) is 12.2 Å². The minimum atomic E-state index is -0.946. The smallest absolute Gasteiger partial charge is 0.306 e. The first-order valence-electron chi connectivity index (χ1n) is 6.41. The molecule has 0 saturated carbocycles. The number of hydrogen-bond donors (Lipinski definition) is 1. The van der Waals surface area contributed by atoms with Crippen LogP contribution in [-0.2, 0) is 11.2 Å². The van der Waals surface area contributed by atoms with E-state index in [1.807, 2.05) is 23.8 Å². The van der Waals surface area contributed by atoms with Crippen molar-refractivity contribution in [1.82, 2.24) is 9.55 Å². The molecule has 1 unspecified atom stereocenters. The minimum Gasteiger partial charge on any atom is -0.481 e. The Bertz CT molecular complexity index is 630. The van der Waals surface area contributed by atoms with Crippen LogP contribution in [0, 0.1) is 5.92 Å². The minimum absolute atomic E-state index is 0.0276. The molecule has 0 saturated heterocycles. The number of ketones is 1. The second-order valence-corrected chi connectivity index (χ2v) is 5.63. The summed E-state index contributed by atoms with van der Waals surface area (Å²) in [6, 6.07) is 3.61. The van der Waals surface area contributed by atoms with E-state index in [2.05, 4.69) is 4.98 Å². The van der Waals surface area contributed by atoms with E-state index in [9.17, 15) is 9.59 Å². The van der Waals surface area contributed by atoms with Crippen LogP contribution in [0.1, 0.15) is 35.8 Å². The lowest BCUT2D eigenvalue weighted by molar-refractivity contribution is -0.141. The molecule has 2 aromatic rings. The number of nitrogens with zero attached hydrogens (tertiary/aromatic N) is 2. The topological polar surface area (TPSA) is 72.2 Å². The van der Waals surface area contributed by atoms with Crippen molar-refractivity contribution in [2.75, 3.05) is 0 Å². The van der Waals surface area contributed by atoms with Gasteiger partial charge in [0.1, 0.15) is 10.8 Å². The van der Waals surface area contributed by atoms with E-state index in [1.165, 1.54) is 11.3 Å². The van der Waals surface area contributed by atoms with Gasteiger partial charge in [-0.05, 0) is 12.1 Å². The molecule has 106 valence electrons. The van der Waals surface area contributed by atoms with Gasteiger partial charge in [0.25, 0.3) is 0 Å². The molecule has 0 aliphatic rings. The van der Waals surface area contributed by atoms with Crippen molar-refractivity contribution < 1.29 is 14.7 Å². The maximum Gasteiger partial charge on any atom is 0.306 e. The molecule has 0 amide bonds. The summed E-state index contributed by atoms with van der Waals surface area (Å²) in [5.74, 6) is -0.801. The van der Waals surface area contributed by atoms with Crippen molar-refractivity contribution in [3.8, 4) is 5.00 Å². The average molecular weight is 292 g/mol. The zero-order valence-electron chi connectivity index (χ0n) is 11.4. The molecule has 0 aliphatic carbocycles. The molecule has 2 aromatic heterocycles. The van der Waals surface area contributed by atoms with Crippen LogP contribution in [-0.4, -0.2) is 26.4 Å². The van der Waals surface area contributed by atoms with Crippen molar-refractivity contribution in [3.63, 3.8) is 0 Å². The fourth-order valence-electron chi connectivity index (χ4n) is 1.87. The highest BCUT2D eigenvalue weighted by Gasteiger charge is 2.18. The van der Waals surface area contributed by atoms with Crippen LogP contribution < -0.4 is 0 Å². The molecular formula is C14H16N2O3S. The van der Waals surface area contributed by atoms with E-state index in [0.717, 1.165) is 17.2 Å². The maximum atomic E-state index is 12.0. The maximum absolute atomic E-state index is 12.0. The van der Waals surface area contributed by atoms with Gasteiger partial charge in [-0.1, -0.05) is 13.8 Å². The third-order valence-corrected chi connectivity index (χ3v) is 4.18. The van der Waals surface area contributed by atoms with Gasteiger partial charge in [-0.15, -0.1) is 11.3 Å². The lowest BCUT2D eigenvalue weighted by Crippen LogP contribution is -2.14. The molecule has 0 radical (unpaired) electrons. The first-order valence-corrected chi connectivity index (χ1v) is 7.23. The monoisotopic (exact) mass is 292 g/mol. The van der Waals surface area contributed by atoms with Crippen molar-refractivity contribution in [2.45, 2.75) is 26.7 Å². The van der Waals surface area contributed by atoms with Crippen LogP contribution in [0.5, 0.6) is 0 Å². The fourth-order valence-corrected chi connectivity index (χ4v) is 2.83. The highest BCUT2D eigenvalue weighted by Crippen LogP contribution is 2.24. The van der Waals surface area contributed by atoms with Crippen LogP contribution >= 0.6 is 11.3 Å². The molecule has 5 nitrogen and oxygen atoms in total. The predicted octanol–water partition coefficient (Wildman–Crippen LogP) is 2.79. The molecule has 20 heavy (non-hydrogen) atoms. The largest absolute Gasteiger partial charge is 0.481 e. The molecule has 2 rings (SSSR count). The number of carbonyl (C=O) groups is 2. The van der Waals surface area contributed by atoms with E-state index < -0.39 is 11.9 Å². The summed E-state index contributed by atoms with van der Waals surface area (Å²) in [6.07, 6.45) is 4.43. The molecule has 0 fully saturated rings. The van der Waals surface area contributed by atoms with Gasteiger partial charge in [-0.25, -0.2) is 4.98 Å². The number of imidazole rings is 1. The number of aliphatic carboxylic acids is 1. The molecule has 0 spiro atoms. The summed E-state index contributed by atoms with van der Waals surface area (Å²) >= 11 is 1.36. The number of aryl methyl sites for hydroxylation is 1. The third kappa shape index (κ3) is 2.96. The number of aromatic nitrogens is 2. The van der Waals surface area contributed by atoms with Gasteiger partial charge in [0, 0.05) is 25.2 Å². The quantitative estimate of drug-likeness (QED) is 0.831. The molecule has 6 heteroatoms. The first-order chi connectivity index (χ1) is 9.52. The Hall–Kier alpha value is -1.95. The summed E-state index contributed by atoms with van der Waals surface area (Å²) in [4.78, 5) is 27.6. The highest BCUT2D eigenvalue weighted by atomic mass is 32.1. The van der Waals surface area contributed by atoms with E-state index in [1.54, 1.807) is 19.2 Å². The Kier molecular flexibility index (Phi) is 4.34. The number of rotatable bonds is 6. The predicted molar refractivity (Wildman–Crippen MR) is 76.6 cm³/mol. The number of carboxylic acids is 1. The highest BCUT2D eigenvalue weighted by molar-refractivity contribution is 7.16. The Morgan fingerprint density at radius 1 is 1.45 bits per heavy atom. The fraction of sp³-hybridized carbons (Fsp3) is 0.357. The molecular weight excluding hydrogens is 276 g/mol. The van der Waals surface area contributed by atoms with E-state index in [0.29, 0.717) is 4.88 Å². The standard InChI is InChI=1S/C14H16N2O3S/c1-3-12-15-6-7-16(12)13-5-4-11(20-13)10(17)8-9(2)14(18)19/h4-7,9H,3,8H2,1-2H3,(H,18,19). The van der Waals surface area contributed by atoms with Gasteiger partial charge < -0.3 is 5.11 Å². The van der Waals surface area contributed by atoms with Gasteiger partial charge in [0.2, 0.25) is 0 Å². The Morgan fingerprint density at radius 3 is 2.85 bits per heavy atom. The Labute approximate surface area is 120 Å². The molecule has 2 heterocycles. The van der Waals surface area contributed by atoms with Crippen molar-refractivity contribution >= 4 is 23.1 Å². The Morgan fingerprint density at radius 2 is 2.20 bits per heavy atom. The summed E-state index contributed by atoms with van der Waals surface area (Å²) < 4.78 is 1.95. The molecule has 0 bridgehead atoms. The van der Waals surface area contributed by atoms with Gasteiger partial charge in [0.15, 0.2) is 5.78 Å². The number of Topliss-reactive ketones (excluding diaryl/α,β-unsaturated/α-hetero) is 1. The average Bonchev–Trinajstić information content (AvgIpc) is 3.06. The lowest BCUT2D eigenvalue weighted by atomic mass is 10.0. The summed E-state index contributed by atoms with van der Waals surface area (Å²) in [7, 11) is 0. The van der Waals surface area contributed by atoms with Crippen molar-refractivity contribution in [2.24, 2.45) is 5.92 Å². The summed E-state index contributed by atoms with van der Waals surface area (Å²) in [6.45, 7) is 3.56. The molecule has 1 atom stereocenters. The van der Waals surface area contributed by atoms with Crippen molar-refractivity contribution in [3.05, 3.63) is 35.2 Å². The van der Waals surface area contributed by atoms with Gasteiger partial charge in [-0.3, -0.25) is 14.2 Å². The normalized spacial score (nSPS) is 12.3. The van der Waals surface area contributed by atoms with Gasteiger partial charge >= 0.3 is 5.97 Å². The van der Waals surface area contributed by atoms with E-state index in [4.69, 9.17) is 5.11 Å². The van der Waals surface area contributed by atoms with Crippen LogP contribution in [0.2, 0.25) is 0 Å².